The third kappa shape index (κ3) is 3.89. The summed E-state index contributed by atoms with van der Waals surface area (Å²) in [6.07, 6.45) is 0. The molecule has 0 radical (unpaired) electrons. The Kier molecular flexibility index (Phi) is 3.10. The van der Waals surface area contributed by atoms with Crippen molar-refractivity contribution in [3.05, 3.63) is 28.0 Å². The van der Waals surface area contributed by atoms with Crippen molar-refractivity contribution in [1.82, 2.24) is 4.98 Å². The number of nitrogens with zero attached hydrogens (tertiary/aromatic N) is 1. The summed E-state index contributed by atoms with van der Waals surface area (Å²) in [6, 6.07) is 2.57. The second kappa shape index (κ2) is 3.77. The SMILES string of the molecule is O=S(=O)(F)Cc1cc(Cl)cc(Cl)n1. The van der Waals surface area contributed by atoms with E-state index in [9.17, 15) is 12.3 Å². The lowest BCUT2D eigenvalue weighted by molar-refractivity contribution is 0.550. The van der Waals surface area contributed by atoms with Gasteiger partial charge in [0.2, 0.25) is 0 Å². The molecule has 7 heteroatoms. The van der Waals surface area contributed by atoms with Crippen molar-refractivity contribution in [2.75, 3.05) is 0 Å². The van der Waals surface area contributed by atoms with Gasteiger partial charge in [-0.25, -0.2) is 4.98 Å². The first-order valence-corrected chi connectivity index (χ1v) is 5.42. The van der Waals surface area contributed by atoms with E-state index in [0.29, 0.717) is 0 Å². The highest BCUT2D eigenvalue weighted by Crippen LogP contribution is 2.17. The van der Waals surface area contributed by atoms with Crippen LogP contribution in [0.2, 0.25) is 10.2 Å². The number of rotatable bonds is 2. The predicted molar refractivity (Wildman–Crippen MR) is 48.0 cm³/mol. The molecule has 0 aliphatic heterocycles. The normalized spacial score (nSPS) is 11.6. The van der Waals surface area contributed by atoms with E-state index in [1.165, 1.54) is 12.1 Å². The van der Waals surface area contributed by atoms with E-state index in [1.54, 1.807) is 0 Å². The van der Waals surface area contributed by atoms with Crippen LogP contribution in [0.5, 0.6) is 0 Å². The average Bonchev–Trinajstić information content (AvgIpc) is 1.78. The van der Waals surface area contributed by atoms with Crippen LogP contribution in [0.15, 0.2) is 12.1 Å². The van der Waals surface area contributed by atoms with Crippen molar-refractivity contribution >= 4 is 33.4 Å². The van der Waals surface area contributed by atoms with Crippen LogP contribution in [0.1, 0.15) is 5.69 Å². The molecule has 13 heavy (non-hydrogen) atoms. The fraction of sp³-hybridized carbons (Fsp3) is 0.167. The number of hydrogen-bond donors (Lipinski definition) is 0. The molecule has 0 spiro atoms. The maximum Gasteiger partial charge on any atom is 0.308 e. The van der Waals surface area contributed by atoms with Gasteiger partial charge in [0, 0.05) is 5.02 Å². The molecule has 1 aromatic rings. The lowest BCUT2D eigenvalue weighted by Gasteiger charge is -1.98. The maximum atomic E-state index is 12.2. The maximum absolute atomic E-state index is 12.2. The molecule has 0 saturated carbocycles. The molecule has 1 heterocycles. The van der Waals surface area contributed by atoms with Crippen molar-refractivity contribution in [2.24, 2.45) is 0 Å². The molecule has 0 amide bonds. The molecule has 0 saturated heterocycles. The minimum Gasteiger partial charge on any atom is -0.240 e. The third-order valence-electron chi connectivity index (χ3n) is 1.13. The van der Waals surface area contributed by atoms with E-state index < -0.39 is 16.0 Å². The zero-order valence-corrected chi connectivity index (χ0v) is 8.50. The fourth-order valence-corrected chi connectivity index (χ4v) is 1.78. The van der Waals surface area contributed by atoms with E-state index in [2.05, 4.69) is 4.98 Å². The van der Waals surface area contributed by atoms with E-state index in [-0.39, 0.29) is 15.9 Å². The molecule has 1 aromatic heterocycles. The Morgan fingerprint density at radius 2 is 2.00 bits per heavy atom. The van der Waals surface area contributed by atoms with Crippen LogP contribution in [0.3, 0.4) is 0 Å². The van der Waals surface area contributed by atoms with Gasteiger partial charge in [0.1, 0.15) is 10.9 Å². The van der Waals surface area contributed by atoms with Crippen LogP contribution in [-0.4, -0.2) is 13.4 Å². The first-order chi connectivity index (χ1) is 5.87. The van der Waals surface area contributed by atoms with Gasteiger partial charge in [-0.05, 0) is 12.1 Å². The van der Waals surface area contributed by atoms with Crippen LogP contribution in [-0.2, 0) is 16.0 Å². The quantitative estimate of drug-likeness (QED) is 0.591. The Hall–Kier alpha value is -0.390. The van der Waals surface area contributed by atoms with Gasteiger partial charge in [-0.3, -0.25) is 0 Å². The van der Waals surface area contributed by atoms with E-state index in [0.717, 1.165) is 0 Å². The predicted octanol–water partition coefficient (Wildman–Crippen LogP) is 2.19. The van der Waals surface area contributed by atoms with Crippen molar-refractivity contribution in [2.45, 2.75) is 5.75 Å². The summed E-state index contributed by atoms with van der Waals surface area (Å²) in [5, 5.41) is 0.254. The second-order valence-electron chi connectivity index (χ2n) is 2.28. The smallest absolute Gasteiger partial charge is 0.240 e. The Balaban J connectivity index is 3.03. The number of halogens is 3. The van der Waals surface area contributed by atoms with Gasteiger partial charge >= 0.3 is 10.2 Å². The molecule has 0 N–H and O–H groups in total. The van der Waals surface area contributed by atoms with Crippen LogP contribution < -0.4 is 0 Å². The van der Waals surface area contributed by atoms with E-state index >= 15 is 0 Å². The monoisotopic (exact) mass is 243 g/mol. The zero-order valence-electron chi connectivity index (χ0n) is 6.17. The van der Waals surface area contributed by atoms with Gasteiger partial charge in [-0.1, -0.05) is 23.2 Å². The van der Waals surface area contributed by atoms with Gasteiger partial charge in [-0.2, -0.15) is 8.42 Å². The summed E-state index contributed by atoms with van der Waals surface area (Å²) in [5.74, 6) is -0.812. The largest absolute Gasteiger partial charge is 0.308 e. The molecule has 0 aromatic carbocycles. The molecular weight excluding hydrogens is 240 g/mol. The first-order valence-electron chi connectivity index (χ1n) is 3.11. The minimum atomic E-state index is -4.59. The van der Waals surface area contributed by atoms with Crippen molar-refractivity contribution in [3.8, 4) is 0 Å². The molecular formula is C6H4Cl2FNO2S. The molecule has 0 aliphatic carbocycles. The van der Waals surface area contributed by atoms with Crippen LogP contribution >= 0.6 is 23.2 Å². The number of aromatic nitrogens is 1. The molecule has 0 unspecified atom stereocenters. The molecule has 0 fully saturated rings. The van der Waals surface area contributed by atoms with Crippen LogP contribution in [0.25, 0.3) is 0 Å². The molecule has 1 rings (SSSR count). The average molecular weight is 244 g/mol. The molecule has 72 valence electrons. The van der Waals surface area contributed by atoms with Gasteiger partial charge in [0.15, 0.2) is 0 Å². The first kappa shape index (κ1) is 10.7. The molecule has 0 aliphatic rings. The lowest BCUT2D eigenvalue weighted by Crippen LogP contribution is -1.98. The molecule has 0 bridgehead atoms. The van der Waals surface area contributed by atoms with Gasteiger partial charge in [-0.15, -0.1) is 3.89 Å². The van der Waals surface area contributed by atoms with Crippen molar-refractivity contribution in [3.63, 3.8) is 0 Å². The van der Waals surface area contributed by atoms with Crippen molar-refractivity contribution < 1.29 is 12.3 Å². The summed E-state index contributed by atoms with van der Waals surface area (Å²) >= 11 is 11.0. The summed E-state index contributed by atoms with van der Waals surface area (Å²) in [6.45, 7) is 0. The van der Waals surface area contributed by atoms with E-state index in [4.69, 9.17) is 23.2 Å². The summed E-state index contributed by atoms with van der Waals surface area (Å²) in [5.41, 5.74) is -0.0139. The summed E-state index contributed by atoms with van der Waals surface area (Å²) in [4.78, 5) is 3.58. The molecule has 0 atom stereocenters. The number of hydrogen-bond acceptors (Lipinski definition) is 3. The summed E-state index contributed by atoms with van der Waals surface area (Å²) < 4.78 is 32.6. The standard InChI is InChI=1S/C6H4Cl2FNO2S/c7-4-1-5(3-13(9,11)12)10-6(8)2-4/h1-2H,3H2. The van der Waals surface area contributed by atoms with Gasteiger partial charge < -0.3 is 0 Å². The third-order valence-corrected chi connectivity index (χ3v) is 2.18. The second-order valence-corrected chi connectivity index (χ2v) is 4.47. The minimum absolute atomic E-state index is 0.0139. The lowest BCUT2D eigenvalue weighted by atomic mass is 10.4. The van der Waals surface area contributed by atoms with Crippen LogP contribution in [0.4, 0.5) is 3.89 Å². The highest BCUT2D eigenvalue weighted by Gasteiger charge is 2.11. The zero-order chi connectivity index (χ0) is 10.1. The summed E-state index contributed by atoms with van der Waals surface area (Å²) in [7, 11) is -4.59. The highest BCUT2D eigenvalue weighted by molar-refractivity contribution is 7.85. The van der Waals surface area contributed by atoms with Crippen LogP contribution in [0, 0.1) is 0 Å². The number of pyridine rings is 1. The Morgan fingerprint density at radius 3 is 2.46 bits per heavy atom. The Labute approximate surface area is 84.7 Å². The van der Waals surface area contributed by atoms with Gasteiger partial charge in [0.25, 0.3) is 0 Å². The Bertz CT molecular complexity index is 400. The topological polar surface area (TPSA) is 47.0 Å². The fourth-order valence-electron chi connectivity index (χ4n) is 0.767. The van der Waals surface area contributed by atoms with E-state index in [1.807, 2.05) is 0 Å². The Morgan fingerprint density at radius 1 is 1.38 bits per heavy atom. The molecule has 3 nitrogen and oxygen atoms in total. The highest BCUT2D eigenvalue weighted by atomic mass is 35.5. The van der Waals surface area contributed by atoms with Gasteiger partial charge in [0.05, 0.1) is 5.69 Å². The van der Waals surface area contributed by atoms with Crippen molar-refractivity contribution in [1.29, 1.82) is 0 Å².